The number of para-hydroxylation sites is 1. The average Bonchev–Trinajstić information content (AvgIpc) is 3.18. The van der Waals surface area contributed by atoms with Crippen molar-refractivity contribution in [2.45, 2.75) is 18.9 Å². The Kier molecular flexibility index (Phi) is 4.31. The summed E-state index contributed by atoms with van der Waals surface area (Å²) in [6, 6.07) is 6.83. The number of carbonyl (C=O) groups excluding carboxylic acids is 3. The molecule has 0 spiro atoms. The van der Waals surface area contributed by atoms with Crippen LogP contribution in [-0.2, 0) is 4.79 Å². The molecule has 3 aliphatic rings. The van der Waals surface area contributed by atoms with Crippen molar-refractivity contribution in [1.82, 2.24) is 14.8 Å². The Balaban J connectivity index is 1.29. The Morgan fingerprint density at radius 1 is 1.14 bits per heavy atom. The molecule has 0 bridgehead atoms. The molecule has 1 atom stereocenters. The van der Waals surface area contributed by atoms with Gasteiger partial charge in [-0.15, -0.1) is 11.3 Å². The van der Waals surface area contributed by atoms with E-state index in [2.05, 4.69) is 15.0 Å². The van der Waals surface area contributed by atoms with E-state index in [9.17, 15) is 14.4 Å². The first-order valence-corrected chi connectivity index (χ1v) is 10.2. The molecule has 0 aliphatic carbocycles. The number of carbonyl (C=O) groups is 3. The Bertz CT molecular complexity index is 1080. The summed E-state index contributed by atoms with van der Waals surface area (Å²) in [6.45, 7) is 0.928. The Morgan fingerprint density at radius 3 is 2.72 bits per heavy atom. The summed E-state index contributed by atoms with van der Waals surface area (Å²) in [5, 5.41) is 0.467. The van der Waals surface area contributed by atoms with Gasteiger partial charge in [0.05, 0.1) is 10.2 Å². The maximum absolute atomic E-state index is 12.8. The minimum atomic E-state index is -0.597. The molecule has 1 unspecified atom stereocenters. The number of thiazole rings is 1. The van der Waals surface area contributed by atoms with E-state index in [0.717, 1.165) is 10.2 Å². The number of imide groups is 1. The van der Waals surface area contributed by atoms with Crippen LogP contribution in [0.25, 0.3) is 10.2 Å². The van der Waals surface area contributed by atoms with Crippen LogP contribution in [0.2, 0.25) is 0 Å². The number of aromatic nitrogens is 1. The van der Waals surface area contributed by atoms with Gasteiger partial charge in [0.2, 0.25) is 5.91 Å². The lowest BCUT2D eigenvalue weighted by Crippen LogP contribution is -2.54. The SMILES string of the molecule is O=C(c1nc2ccccc2s1)N1CCC(N2C(=O)N=C3N=CC=CC3C2=O)CC1. The van der Waals surface area contributed by atoms with Crippen LogP contribution >= 0.6 is 11.3 Å². The number of piperidine rings is 1. The normalized spacial score (nSPS) is 22.2. The molecule has 9 heteroatoms. The van der Waals surface area contributed by atoms with Crippen LogP contribution in [0, 0.1) is 5.92 Å². The van der Waals surface area contributed by atoms with Gasteiger partial charge in [-0.3, -0.25) is 14.5 Å². The molecule has 1 saturated heterocycles. The number of dihydropyridines is 1. The third kappa shape index (κ3) is 3.07. The third-order valence-corrected chi connectivity index (χ3v) is 6.41. The quantitative estimate of drug-likeness (QED) is 0.764. The van der Waals surface area contributed by atoms with E-state index in [1.807, 2.05) is 24.3 Å². The van der Waals surface area contributed by atoms with E-state index in [1.165, 1.54) is 22.5 Å². The smallest absolute Gasteiger partial charge is 0.336 e. The van der Waals surface area contributed by atoms with E-state index >= 15 is 0 Å². The number of benzene rings is 1. The highest BCUT2D eigenvalue weighted by Gasteiger charge is 2.41. The highest BCUT2D eigenvalue weighted by atomic mass is 32.1. The number of rotatable bonds is 2. The monoisotopic (exact) mass is 407 g/mol. The molecule has 1 aromatic carbocycles. The number of amidine groups is 1. The fourth-order valence-electron chi connectivity index (χ4n) is 3.90. The molecule has 0 radical (unpaired) electrons. The van der Waals surface area contributed by atoms with Crippen LogP contribution in [0.4, 0.5) is 4.79 Å². The molecule has 1 fully saturated rings. The zero-order chi connectivity index (χ0) is 20.0. The predicted octanol–water partition coefficient (Wildman–Crippen LogP) is 2.52. The lowest BCUT2D eigenvalue weighted by Gasteiger charge is -2.38. The van der Waals surface area contributed by atoms with Gasteiger partial charge < -0.3 is 4.90 Å². The zero-order valence-electron chi connectivity index (χ0n) is 15.4. The highest BCUT2D eigenvalue weighted by Crippen LogP contribution is 2.27. The fourth-order valence-corrected chi connectivity index (χ4v) is 4.83. The first-order chi connectivity index (χ1) is 14.1. The highest BCUT2D eigenvalue weighted by molar-refractivity contribution is 7.20. The molecule has 29 heavy (non-hydrogen) atoms. The summed E-state index contributed by atoms with van der Waals surface area (Å²) in [5.74, 6) is -0.739. The fraction of sp³-hybridized carbons (Fsp3) is 0.300. The van der Waals surface area contributed by atoms with E-state index in [4.69, 9.17) is 0 Å². The van der Waals surface area contributed by atoms with Gasteiger partial charge >= 0.3 is 6.03 Å². The van der Waals surface area contributed by atoms with E-state index in [-0.39, 0.29) is 23.7 Å². The molecule has 8 nitrogen and oxygen atoms in total. The van der Waals surface area contributed by atoms with Gasteiger partial charge in [-0.25, -0.2) is 14.8 Å². The minimum Gasteiger partial charge on any atom is -0.336 e. The molecule has 3 aliphatic heterocycles. The largest absolute Gasteiger partial charge is 0.352 e. The van der Waals surface area contributed by atoms with E-state index in [1.54, 1.807) is 17.1 Å². The molecular formula is C20H17N5O3S. The maximum Gasteiger partial charge on any atom is 0.352 e. The number of likely N-dealkylation sites (tertiary alicyclic amines) is 1. The van der Waals surface area contributed by atoms with Crippen molar-refractivity contribution < 1.29 is 14.4 Å². The second-order valence-corrected chi connectivity index (χ2v) is 8.14. The Morgan fingerprint density at radius 2 is 1.93 bits per heavy atom. The van der Waals surface area contributed by atoms with Gasteiger partial charge in [0, 0.05) is 25.3 Å². The van der Waals surface area contributed by atoms with Crippen LogP contribution < -0.4 is 0 Å². The molecule has 2 aromatic rings. The summed E-state index contributed by atoms with van der Waals surface area (Å²) in [4.78, 5) is 53.5. The average molecular weight is 407 g/mol. The van der Waals surface area contributed by atoms with Crippen LogP contribution in [0.5, 0.6) is 0 Å². The van der Waals surface area contributed by atoms with Gasteiger partial charge in [0.25, 0.3) is 5.91 Å². The summed E-state index contributed by atoms with van der Waals surface area (Å²) in [7, 11) is 0. The van der Waals surface area contributed by atoms with Crippen molar-refractivity contribution in [2.75, 3.05) is 13.1 Å². The number of amides is 4. The number of allylic oxidation sites excluding steroid dienone is 1. The van der Waals surface area contributed by atoms with Crippen molar-refractivity contribution >= 4 is 51.4 Å². The van der Waals surface area contributed by atoms with Gasteiger partial charge in [0.1, 0.15) is 11.8 Å². The lowest BCUT2D eigenvalue weighted by molar-refractivity contribution is -0.131. The number of hydrogen-bond acceptors (Lipinski definition) is 6. The van der Waals surface area contributed by atoms with Crippen LogP contribution in [0.15, 0.2) is 46.4 Å². The van der Waals surface area contributed by atoms with Crippen LogP contribution in [0.3, 0.4) is 0 Å². The van der Waals surface area contributed by atoms with E-state index < -0.39 is 11.9 Å². The molecular weight excluding hydrogens is 390 g/mol. The van der Waals surface area contributed by atoms with Gasteiger partial charge in [-0.05, 0) is 31.1 Å². The van der Waals surface area contributed by atoms with Crippen LogP contribution in [0.1, 0.15) is 22.6 Å². The molecule has 5 rings (SSSR count). The molecule has 0 N–H and O–H groups in total. The first kappa shape index (κ1) is 17.9. The second-order valence-electron chi connectivity index (χ2n) is 7.11. The summed E-state index contributed by atoms with van der Waals surface area (Å²) in [5.41, 5.74) is 0.817. The van der Waals surface area contributed by atoms with Crippen molar-refractivity contribution in [2.24, 2.45) is 15.9 Å². The van der Waals surface area contributed by atoms with E-state index in [0.29, 0.717) is 30.9 Å². The van der Waals surface area contributed by atoms with Gasteiger partial charge in [-0.2, -0.15) is 4.99 Å². The number of urea groups is 1. The van der Waals surface area contributed by atoms with Crippen molar-refractivity contribution in [3.05, 3.63) is 41.4 Å². The third-order valence-electron chi connectivity index (χ3n) is 5.39. The summed E-state index contributed by atoms with van der Waals surface area (Å²) in [6.07, 6.45) is 5.98. The van der Waals surface area contributed by atoms with Gasteiger partial charge in [-0.1, -0.05) is 18.2 Å². The van der Waals surface area contributed by atoms with Crippen molar-refractivity contribution in [3.63, 3.8) is 0 Å². The number of aliphatic imine (C=N–C) groups is 2. The molecule has 1 aromatic heterocycles. The number of hydrogen-bond donors (Lipinski definition) is 0. The summed E-state index contributed by atoms with van der Waals surface area (Å²) < 4.78 is 0.979. The molecule has 4 amide bonds. The van der Waals surface area contributed by atoms with Crippen LogP contribution in [-0.4, -0.2) is 63.8 Å². The predicted molar refractivity (Wildman–Crippen MR) is 109 cm³/mol. The Labute approximate surface area is 170 Å². The Hall–Kier alpha value is -3.20. The topological polar surface area (TPSA) is 95.3 Å². The molecule has 4 heterocycles. The molecule has 146 valence electrons. The van der Waals surface area contributed by atoms with Crippen molar-refractivity contribution in [1.29, 1.82) is 0 Å². The van der Waals surface area contributed by atoms with Crippen molar-refractivity contribution in [3.8, 4) is 0 Å². The minimum absolute atomic E-state index is 0.106. The zero-order valence-corrected chi connectivity index (χ0v) is 16.2. The number of nitrogens with zero attached hydrogens (tertiary/aromatic N) is 5. The standard InChI is InChI=1S/C20H17N5O3S/c26-18-13-4-3-9-21-16(13)23-20(28)25(18)12-7-10-24(11-8-12)19(27)17-22-14-5-1-2-6-15(14)29-17/h1-6,9,12-13H,7-8,10-11H2. The summed E-state index contributed by atoms with van der Waals surface area (Å²) >= 11 is 1.38. The number of fused-ring (bicyclic) bond motifs is 2. The van der Waals surface area contributed by atoms with Gasteiger partial charge in [0.15, 0.2) is 5.01 Å². The maximum atomic E-state index is 12.8. The lowest BCUT2D eigenvalue weighted by atomic mass is 9.97. The molecule has 0 saturated carbocycles. The first-order valence-electron chi connectivity index (χ1n) is 9.43. The second kappa shape index (κ2) is 7.00.